The third-order valence-corrected chi connectivity index (χ3v) is 4.76. The Hall–Kier alpha value is -1.11. The van der Waals surface area contributed by atoms with Gasteiger partial charge in [0.15, 0.2) is 0 Å². The average molecular weight is 284 g/mol. The number of sulfonamides is 1. The van der Waals surface area contributed by atoms with Crippen molar-refractivity contribution < 1.29 is 13.5 Å². The summed E-state index contributed by atoms with van der Waals surface area (Å²) in [6.45, 7) is 3.58. The molecule has 6 heteroatoms. The maximum atomic E-state index is 12.2. The number of nitrogens with one attached hydrogen (secondary N) is 2. The summed E-state index contributed by atoms with van der Waals surface area (Å²) in [6, 6.07) is 6.83. The number of rotatable bonds is 5. The highest BCUT2D eigenvalue weighted by atomic mass is 32.2. The maximum absolute atomic E-state index is 12.2. The lowest BCUT2D eigenvalue weighted by Crippen LogP contribution is -2.39. The van der Waals surface area contributed by atoms with Crippen molar-refractivity contribution in [1.29, 1.82) is 0 Å². The fraction of sp³-hybridized carbons (Fsp3) is 0.538. The van der Waals surface area contributed by atoms with Crippen LogP contribution in [0, 0.1) is 0 Å². The Bertz CT molecular complexity index is 537. The molecule has 5 nitrogen and oxygen atoms in total. The third kappa shape index (κ3) is 3.46. The predicted octanol–water partition coefficient (Wildman–Crippen LogP) is 1.31. The second-order valence-electron chi connectivity index (χ2n) is 5.24. The van der Waals surface area contributed by atoms with E-state index in [-0.39, 0.29) is 23.1 Å². The summed E-state index contributed by atoms with van der Waals surface area (Å²) in [5, 5.41) is 12.5. The van der Waals surface area contributed by atoms with E-state index in [0.717, 1.165) is 0 Å². The molecule has 0 saturated heterocycles. The van der Waals surface area contributed by atoms with Crippen LogP contribution in [0.3, 0.4) is 0 Å². The number of para-hydroxylation sites is 1. The minimum Gasteiger partial charge on any atom is -0.393 e. The van der Waals surface area contributed by atoms with E-state index in [9.17, 15) is 13.5 Å². The van der Waals surface area contributed by atoms with E-state index in [1.165, 1.54) is 0 Å². The molecule has 19 heavy (non-hydrogen) atoms. The van der Waals surface area contributed by atoms with Crippen LogP contribution in [0.15, 0.2) is 29.2 Å². The first-order valence-electron chi connectivity index (χ1n) is 6.44. The zero-order valence-electron chi connectivity index (χ0n) is 11.1. The van der Waals surface area contributed by atoms with Crippen molar-refractivity contribution in [3.63, 3.8) is 0 Å². The molecule has 106 valence electrons. The second-order valence-corrected chi connectivity index (χ2v) is 6.92. The topological polar surface area (TPSA) is 78.4 Å². The minimum absolute atomic E-state index is 0.144. The average Bonchev–Trinajstić information content (AvgIpc) is 2.25. The lowest BCUT2D eigenvalue weighted by Gasteiger charge is -2.33. The molecule has 3 N–H and O–H groups in total. The zero-order valence-corrected chi connectivity index (χ0v) is 11.9. The van der Waals surface area contributed by atoms with Crippen molar-refractivity contribution in [2.75, 3.05) is 5.32 Å². The highest BCUT2D eigenvalue weighted by molar-refractivity contribution is 7.89. The molecule has 0 atom stereocenters. The molecule has 1 aromatic rings. The van der Waals surface area contributed by atoms with Gasteiger partial charge in [0, 0.05) is 12.1 Å². The summed E-state index contributed by atoms with van der Waals surface area (Å²) < 4.78 is 27.0. The van der Waals surface area contributed by atoms with Crippen molar-refractivity contribution in [2.45, 2.75) is 49.8 Å². The molecule has 0 heterocycles. The van der Waals surface area contributed by atoms with Gasteiger partial charge in [-0.15, -0.1) is 0 Å². The first-order valence-corrected chi connectivity index (χ1v) is 7.93. The maximum Gasteiger partial charge on any atom is 0.242 e. The number of aliphatic hydroxyl groups is 1. The molecule has 0 radical (unpaired) electrons. The van der Waals surface area contributed by atoms with Gasteiger partial charge >= 0.3 is 0 Å². The van der Waals surface area contributed by atoms with Gasteiger partial charge in [0.25, 0.3) is 0 Å². The van der Waals surface area contributed by atoms with E-state index in [4.69, 9.17) is 0 Å². The Morgan fingerprint density at radius 2 is 1.89 bits per heavy atom. The standard InChI is InChI=1S/C13H20N2O3S/c1-9(2)15-19(17,18)13-6-4-3-5-12(13)14-10-7-11(16)8-10/h3-6,9-11,14-16H,7-8H2,1-2H3. The van der Waals surface area contributed by atoms with Gasteiger partial charge in [0.2, 0.25) is 10.0 Å². The van der Waals surface area contributed by atoms with E-state index in [1.807, 2.05) is 0 Å². The molecule has 2 rings (SSSR count). The summed E-state index contributed by atoms with van der Waals surface area (Å²) >= 11 is 0. The van der Waals surface area contributed by atoms with Gasteiger partial charge < -0.3 is 10.4 Å². The Labute approximate surface area is 114 Å². The Balaban J connectivity index is 2.21. The van der Waals surface area contributed by atoms with E-state index in [0.29, 0.717) is 18.5 Å². The highest BCUT2D eigenvalue weighted by Gasteiger charge is 2.28. The molecule has 0 bridgehead atoms. The largest absolute Gasteiger partial charge is 0.393 e. The smallest absolute Gasteiger partial charge is 0.242 e. The molecule has 0 spiro atoms. The van der Waals surface area contributed by atoms with E-state index >= 15 is 0 Å². The monoisotopic (exact) mass is 284 g/mol. The molecule has 1 saturated carbocycles. The van der Waals surface area contributed by atoms with E-state index in [1.54, 1.807) is 38.1 Å². The summed E-state index contributed by atoms with van der Waals surface area (Å²) in [5.74, 6) is 0. The molecule has 0 aliphatic heterocycles. The van der Waals surface area contributed by atoms with Crippen LogP contribution in [0.2, 0.25) is 0 Å². The third-order valence-electron chi connectivity index (χ3n) is 3.04. The van der Waals surface area contributed by atoms with Crippen molar-refractivity contribution in [2.24, 2.45) is 0 Å². The number of benzene rings is 1. The van der Waals surface area contributed by atoms with Crippen LogP contribution in [0.4, 0.5) is 5.69 Å². The summed E-state index contributed by atoms with van der Waals surface area (Å²) in [5.41, 5.74) is 0.590. The van der Waals surface area contributed by atoms with E-state index < -0.39 is 10.0 Å². The summed E-state index contributed by atoms with van der Waals surface area (Å²) in [6.07, 6.45) is 1.05. The van der Waals surface area contributed by atoms with Gasteiger partial charge in [-0.2, -0.15) is 0 Å². The van der Waals surface area contributed by atoms with Crippen molar-refractivity contribution in [3.8, 4) is 0 Å². The first kappa shape index (κ1) is 14.3. The van der Waals surface area contributed by atoms with Crippen molar-refractivity contribution in [1.82, 2.24) is 4.72 Å². The van der Waals surface area contributed by atoms with Gasteiger partial charge in [-0.25, -0.2) is 13.1 Å². The molecule has 1 fully saturated rings. The predicted molar refractivity (Wildman–Crippen MR) is 74.6 cm³/mol. The summed E-state index contributed by atoms with van der Waals surface area (Å²) in [7, 11) is -3.51. The van der Waals surface area contributed by atoms with Crippen LogP contribution in [-0.4, -0.2) is 31.7 Å². The Kier molecular flexibility index (Phi) is 4.13. The molecular weight excluding hydrogens is 264 g/mol. The fourth-order valence-electron chi connectivity index (χ4n) is 2.12. The SMILES string of the molecule is CC(C)NS(=O)(=O)c1ccccc1NC1CC(O)C1. The van der Waals surface area contributed by atoms with Crippen molar-refractivity contribution >= 4 is 15.7 Å². The number of hydrogen-bond acceptors (Lipinski definition) is 4. The normalized spacial score (nSPS) is 23.2. The zero-order chi connectivity index (χ0) is 14.0. The molecule has 1 aromatic carbocycles. The van der Waals surface area contributed by atoms with Crippen LogP contribution in [-0.2, 0) is 10.0 Å². The molecule has 0 aromatic heterocycles. The molecule has 0 unspecified atom stereocenters. The number of anilines is 1. The molecular formula is C13H20N2O3S. The quantitative estimate of drug-likeness (QED) is 0.762. The van der Waals surface area contributed by atoms with Gasteiger partial charge in [-0.05, 0) is 38.8 Å². The lowest BCUT2D eigenvalue weighted by molar-refractivity contribution is 0.0836. The second kappa shape index (κ2) is 5.48. The highest BCUT2D eigenvalue weighted by Crippen LogP contribution is 2.28. The Morgan fingerprint density at radius 1 is 1.26 bits per heavy atom. The van der Waals surface area contributed by atoms with Crippen molar-refractivity contribution in [3.05, 3.63) is 24.3 Å². The molecule has 1 aliphatic carbocycles. The number of hydrogen-bond donors (Lipinski definition) is 3. The van der Waals surface area contributed by atoms with Crippen LogP contribution in [0.1, 0.15) is 26.7 Å². The first-order chi connectivity index (χ1) is 8.88. The van der Waals surface area contributed by atoms with Gasteiger partial charge in [0.05, 0.1) is 11.8 Å². The number of aliphatic hydroxyl groups excluding tert-OH is 1. The lowest BCUT2D eigenvalue weighted by atomic mass is 9.89. The van der Waals surface area contributed by atoms with Gasteiger partial charge in [-0.3, -0.25) is 0 Å². The van der Waals surface area contributed by atoms with Gasteiger partial charge in [0.1, 0.15) is 4.90 Å². The van der Waals surface area contributed by atoms with Gasteiger partial charge in [-0.1, -0.05) is 12.1 Å². The Morgan fingerprint density at radius 3 is 2.47 bits per heavy atom. The molecule has 1 aliphatic rings. The summed E-state index contributed by atoms with van der Waals surface area (Å²) in [4.78, 5) is 0.255. The van der Waals surface area contributed by atoms with Crippen LogP contribution in [0.5, 0.6) is 0 Å². The van der Waals surface area contributed by atoms with Crippen LogP contribution < -0.4 is 10.0 Å². The van der Waals surface area contributed by atoms with Crippen LogP contribution in [0.25, 0.3) is 0 Å². The minimum atomic E-state index is -3.51. The molecule has 0 amide bonds. The fourth-order valence-corrected chi connectivity index (χ4v) is 3.54. The van der Waals surface area contributed by atoms with E-state index in [2.05, 4.69) is 10.0 Å². The van der Waals surface area contributed by atoms with Crippen LogP contribution >= 0.6 is 0 Å².